The average molecular weight is 373 g/mol. The molecule has 1 amide bonds. The van der Waals surface area contributed by atoms with Crippen molar-refractivity contribution in [3.8, 4) is 0 Å². The van der Waals surface area contributed by atoms with E-state index in [-0.39, 0.29) is 23.9 Å². The fourth-order valence-corrected chi connectivity index (χ4v) is 2.59. The van der Waals surface area contributed by atoms with Gasteiger partial charge in [0.1, 0.15) is 0 Å². The summed E-state index contributed by atoms with van der Waals surface area (Å²) < 4.78 is 5.15. The van der Waals surface area contributed by atoms with E-state index in [1.165, 1.54) is 0 Å². The minimum atomic E-state index is -0.677. The second kappa shape index (κ2) is 8.77. The van der Waals surface area contributed by atoms with E-state index in [4.69, 9.17) is 4.74 Å². The summed E-state index contributed by atoms with van der Waals surface area (Å²) in [5.41, 5.74) is 2.50. The molecule has 28 heavy (non-hydrogen) atoms. The molecule has 0 fully saturated rings. The Bertz CT molecular complexity index is 995. The zero-order valence-electron chi connectivity index (χ0n) is 15.3. The van der Waals surface area contributed by atoms with Crippen molar-refractivity contribution in [1.82, 2.24) is 0 Å². The number of ether oxygens (including phenoxy) is 1. The molecule has 0 unspecified atom stereocenters. The Hall–Kier alpha value is -3.73. The highest BCUT2D eigenvalue weighted by Crippen LogP contribution is 2.18. The minimum absolute atomic E-state index is 0.184. The van der Waals surface area contributed by atoms with Crippen LogP contribution >= 0.6 is 0 Å². The number of aryl methyl sites for hydroxylation is 1. The molecule has 0 radical (unpaired) electrons. The number of carbonyl (C=O) groups excluding carboxylic acids is 3. The second-order valence-electron chi connectivity index (χ2n) is 6.23. The fourth-order valence-electron chi connectivity index (χ4n) is 2.59. The highest BCUT2D eigenvalue weighted by atomic mass is 16.5. The molecule has 1 N–H and O–H groups in total. The second-order valence-corrected chi connectivity index (χ2v) is 6.23. The van der Waals surface area contributed by atoms with Crippen LogP contribution in [-0.2, 0) is 4.74 Å². The van der Waals surface area contributed by atoms with E-state index in [2.05, 4.69) is 5.32 Å². The summed E-state index contributed by atoms with van der Waals surface area (Å²) in [6.45, 7) is 1.56. The fraction of sp³-hybridized carbons (Fsp3) is 0.0870. The van der Waals surface area contributed by atoms with Crippen molar-refractivity contribution in [3.63, 3.8) is 0 Å². The average Bonchev–Trinajstić information content (AvgIpc) is 2.73. The van der Waals surface area contributed by atoms with Crippen LogP contribution in [0.25, 0.3) is 0 Å². The molecule has 0 aliphatic carbocycles. The van der Waals surface area contributed by atoms with Crippen molar-refractivity contribution < 1.29 is 19.1 Å². The molecule has 0 saturated heterocycles. The van der Waals surface area contributed by atoms with Crippen LogP contribution in [0.2, 0.25) is 0 Å². The van der Waals surface area contributed by atoms with Gasteiger partial charge in [-0.1, -0.05) is 60.2 Å². The first-order valence-electron chi connectivity index (χ1n) is 8.77. The Morgan fingerprint density at radius 1 is 0.786 bits per heavy atom. The number of hydrogen-bond donors (Lipinski definition) is 1. The van der Waals surface area contributed by atoms with Crippen molar-refractivity contribution in [1.29, 1.82) is 0 Å². The third kappa shape index (κ3) is 4.71. The van der Waals surface area contributed by atoms with E-state index in [1.54, 1.807) is 66.7 Å². The van der Waals surface area contributed by atoms with Crippen LogP contribution in [0, 0.1) is 6.92 Å². The number of amides is 1. The van der Waals surface area contributed by atoms with Crippen molar-refractivity contribution in [2.75, 3.05) is 11.9 Å². The third-order valence-electron chi connectivity index (χ3n) is 4.14. The maximum atomic E-state index is 12.4. The first kappa shape index (κ1) is 19.0. The van der Waals surface area contributed by atoms with Gasteiger partial charge < -0.3 is 10.1 Å². The Balaban J connectivity index is 1.69. The van der Waals surface area contributed by atoms with Gasteiger partial charge in [0.25, 0.3) is 5.91 Å². The Kier molecular flexibility index (Phi) is 5.97. The highest BCUT2D eigenvalue weighted by Gasteiger charge is 2.17. The quantitative estimate of drug-likeness (QED) is 0.517. The molecule has 0 heterocycles. The molecular formula is C23H19NO4. The highest BCUT2D eigenvalue weighted by molar-refractivity contribution is 6.08. The normalized spacial score (nSPS) is 10.2. The predicted octanol–water partition coefficient (Wildman–Crippen LogP) is 4.29. The summed E-state index contributed by atoms with van der Waals surface area (Å²) in [7, 11) is 0. The van der Waals surface area contributed by atoms with E-state index in [1.807, 2.05) is 19.1 Å². The van der Waals surface area contributed by atoms with Crippen LogP contribution in [0.4, 0.5) is 5.69 Å². The smallest absolute Gasteiger partial charge is 0.340 e. The van der Waals surface area contributed by atoms with E-state index in [9.17, 15) is 14.4 Å². The van der Waals surface area contributed by atoms with Crippen LogP contribution in [0.1, 0.15) is 36.6 Å². The molecule has 0 saturated carbocycles. The summed E-state index contributed by atoms with van der Waals surface area (Å²) >= 11 is 0. The summed E-state index contributed by atoms with van der Waals surface area (Å²) in [6, 6.07) is 22.2. The van der Waals surface area contributed by atoms with Gasteiger partial charge in [0.2, 0.25) is 0 Å². The number of esters is 1. The molecule has 3 aromatic carbocycles. The standard InChI is InChI=1S/C23H19NO4/c1-16-11-13-18(14-12-16)22(26)24-20-10-6-5-9-19(20)23(27)28-15-21(25)17-7-3-2-4-8-17/h2-14H,15H2,1H3,(H,24,26). The number of anilines is 1. The first-order chi connectivity index (χ1) is 13.5. The van der Waals surface area contributed by atoms with Crippen molar-refractivity contribution in [3.05, 3.63) is 101 Å². The van der Waals surface area contributed by atoms with Crippen LogP contribution in [-0.4, -0.2) is 24.3 Å². The van der Waals surface area contributed by atoms with E-state index < -0.39 is 5.97 Å². The van der Waals surface area contributed by atoms with Gasteiger partial charge in [-0.25, -0.2) is 4.79 Å². The SMILES string of the molecule is Cc1ccc(C(=O)Nc2ccccc2C(=O)OCC(=O)c2ccccc2)cc1. The molecule has 0 aromatic heterocycles. The molecule has 5 heteroatoms. The molecule has 0 spiro atoms. The van der Waals surface area contributed by atoms with E-state index in [0.29, 0.717) is 16.8 Å². The zero-order chi connectivity index (χ0) is 19.9. The number of nitrogens with one attached hydrogen (secondary N) is 1. The topological polar surface area (TPSA) is 72.5 Å². The Morgan fingerprint density at radius 3 is 2.14 bits per heavy atom. The number of rotatable bonds is 6. The summed E-state index contributed by atoms with van der Waals surface area (Å²) in [6.07, 6.45) is 0. The Morgan fingerprint density at radius 2 is 1.43 bits per heavy atom. The van der Waals surface area contributed by atoms with Gasteiger partial charge in [0.15, 0.2) is 12.4 Å². The number of benzene rings is 3. The number of hydrogen-bond acceptors (Lipinski definition) is 4. The molecule has 3 rings (SSSR count). The first-order valence-corrected chi connectivity index (χ1v) is 8.77. The lowest BCUT2D eigenvalue weighted by molar-refractivity contribution is 0.0475. The molecule has 140 valence electrons. The predicted molar refractivity (Wildman–Crippen MR) is 107 cm³/mol. The molecule has 0 aliphatic heterocycles. The van der Waals surface area contributed by atoms with Crippen LogP contribution in [0.5, 0.6) is 0 Å². The maximum Gasteiger partial charge on any atom is 0.340 e. The van der Waals surface area contributed by atoms with Crippen molar-refractivity contribution >= 4 is 23.3 Å². The molecule has 0 bridgehead atoms. The lowest BCUT2D eigenvalue weighted by Gasteiger charge is -2.11. The van der Waals surface area contributed by atoms with Gasteiger partial charge in [-0.05, 0) is 31.2 Å². The number of carbonyl (C=O) groups is 3. The number of para-hydroxylation sites is 1. The van der Waals surface area contributed by atoms with Gasteiger partial charge in [-0.2, -0.15) is 0 Å². The molecule has 0 aliphatic rings. The number of Topliss-reactive ketones (excluding diaryl/α,β-unsaturated/α-hetero) is 1. The molecular weight excluding hydrogens is 354 g/mol. The molecule has 0 atom stereocenters. The van der Waals surface area contributed by atoms with Crippen molar-refractivity contribution in [2.45, 2.75) is 6.92 Å². The van der Waals surface area contributed by atoms with Crippen LogP contribution < -0.4 is 5.32 Å². The summed E-state index contributed by atoms with van der Waals surface area (Å²) in [4.78, 5) is 37.0. The third-order valence-corrected chi connectivity index (χ3v) is 4.14. The largest absolute Gasteiger partial charge is 0.454 e. The Labute approximate surface area is 163 Å². The lowest BCUT2D eigenvalue weighted by atomic mass is 10.1. The zero-order valence-corrected chi connectivity index (χ0v) is 15.3. The summed E-state index contributed by atoms with van der Waals surface area (Å²) in [5, 5.41) is 2.72. The molecule has 5 nitrogen and oxygen atoms in total. The van der Waals surface area contributed by atoms with Gasteiger partial charge in [0.05, 0.1) is 11.3 Å². The van der Waals surface area contributed by atoms with Crippen LogP contribution in [0.3, 0.4) is 0 Å². The van der Waals surface area contributed by atoms with Gasteiger partial charge in [0, 0.05) is 11.1 Å². The van der Waals surface area contributed by atoms with Gasteiger partial charge in [-0.3, -0.25) is 9.59 Å². The van der Waals surface area contributed by atoms with Crippen molar-refractivity contribution in [2.24, 2.45) is 0 Å². The monoisotopic (exact) mass is 373 g/mol. The minimum Gasteiger partial charge on any atom is -0.454 e. The van der Waals surface area contributed by atoms with Gasteiger partial charge >= 0.3 is 5.97 Å². The van der Waals surface area contributed by atoms with E-state index in [0.717, 1.165) is 5.56 Å². The summed E-state index contributed by atoms with van der Waals surface area (Å²) in [5.74, 6) is -1.31. The van der Waals surface area contributed by atoms with E-state index >= 15 is 0 Å². The van der Waals surface area contributed by atoms with Gasteiger partial charge in [-0.15, -0.1) is 0 Å². The molecule has 3 aromatic rings. The van der Waals surface area contributed by atoms with Crippen LogP contribution in [0.15, 0.2) is 78.9 Å². The lowest BCUT2D eigenvalue weighted by Crippen LogP contribution is -2.18. The number of ketones is 1. The maximum absolute atomic E-state index is 12.4.